The van der Waals surface area contributed by atoms with E-state index >= 15 is 0 Å². The number of amides is 1. The maximum Gasteiger partial charge on any atom is 0.267 e. The first-order chi connectivity index (χ1) is 12.7. The molecule has 2 aromatic rings. The van der Waals surface area contributed by atoms with Gasteiger partial charge in [0.2, 0.25) is 0 Å². The van der Waals surface area contributed by atoms with Crippen molar-refractivity contribution < 1.29 is 9.53 Å². The molecule has 1 aliphatic heterocycles. The van der Waals surface area contributed by atoms with Crippen molar-refractivity contribution in [1.29, 1.82) is 0 Å². The number of aromatic nitrogens is 1. The SMILES string of the molecule is COc1ccc2cc(C(=O)NCC3(N4CCSCC4)CCCC3)[nH]c2c1. The predicted molar refractivity (Wildman–Crippen MR) is 107 cm³/mol. The van der Waals surface area contributed by atoms with Crippen LogP contribution < -0.4 is 10.1 Å². The van der Waals surface area contributed by atoms with Gasteiger partial charge in [-0.1, -0.05) is 12.8 Å². The molecule has 1 saturated carbocycles. The van der Waals surface area contributed by atoms with E-state index in [9.17, 15) is 4.79 Å². The lowest BCUT2D eigenvalue weighted by molar-refractivity contribution is 0.0814. The molecule has 6 heteroatoms. The van der Waals surface area contributed by atoms with Gasteiger partial charge in [0.25, 0.3) is 5.91 Å². The number of nitrogens with zero attached hydrogens (tertiary/aromatic N) is 1. The summed E-state index contributed by atoms with van der Waals surface area (Å²) in [4.78, 5) is 18.6. The van der Waals surface area contributed by atoms with Crippen molar-refractivity contribution in [2.75, 3.05) is 38.2 Å². The molecule has 1 aliphatic carbocycles. The monoisotopic (exact) mass is 373 g/mol. The second kappa shape index (κ2) is 7.53. The van der Waals surface area contributed by atoms with Gasteiger partial charge in [-0.2, -0.15) is 11.8 Å². The number of hydrogen-bond acceptors (Lipinski definition) is 4. The molecule has 0 atom stereocenters. The molecule has 0 unspecified atom stereocenters. The van der Waals surface area contributed by atoms with Gasteiger partial charge in [0.05, 0.1) is 7.11 Å². The summed E-state index contributed by atoms with van der Waals surface area (Å²) in [5.41, 5.74) is 1.71. The van der Waals surface area contributed by atoms with Gasteiger partial charge in [-0.3, -0.25) is 9.69 Å². The van der Waals surface area contributed by atoms with Gasteiger partial charge in [-0.25, -0.2) is 0 Å². The number of benzene rings is 1. The quantitative estimate of drug-likeness (QED) is 0.845. The normalized spacial score (nSPS) is 20.3. The number of carbonyl (C=O) groups excluding carboxylic acids is 1. The third-order valence-corrected chi connectivity index (χ3v) is 6.81. The van der Waals surface area contributed by atoms with Crippen LogP contribution in [0.2, 0.25) is 0 Å². The summed E-state index contributed by atoms with van der Waals surface area (Å²) in [5.74, 6) is 3.19. The molecule has 1 aromatic heterocycles. The van der Waals surface area contributed by atoms with Gasteiger partial charge in [-0.15, -0.1) is 0 Å². The number of fused-ring (bicyclic) bond motifs is 1. The Bertz CT molecular complexity index is 776. The Labute approximate surface area is 158 Å². The topological polar surface area (TPSA) is 57.4 Å². The van der Waals surface area contributed by atoms with E-state index in [1.54, 1.807) is 7.11 Å². The van der Waals surface area contributed by atoms with E-state index in [4.69, 9.17) is 4.74 Å². The summed E-state index contributed by atoms with van der Waals surface area (Å²) in [6.07, 6.45) is 4.93. The molecule has 140 valence electrons. The largest absolute Gasteiger partial charge is 0.497 e. The maximum atomic E-state index is 12.8. The Morgan fingerprint density at radius 3 is 2.77 bits per heavy atom. The fourth-order valence-electron chi connectivity index (χ4n) is 4.37. The average Bonchev–Trinajstić information content (AvgIpc) is 3.34. The third-order valence-electron chi connectivity index (χ3n) is 5.87. The molecule has 5 nitrogen and oxygen atoms in total. The van der Waals surface area contributed by atoms with E-state index in [1.165, 1.54) is 37.2 Å². The highest BCUT2D eigenvalue weighted by Crippen LogP contribution is 2.36. The summed E-state index contributed by atoms with van der Waals surface area (Å²) < 4.78 is 5.26. The highest BCUT2D eigenvalue weighted by atomic mass is 32.2. The molecule has 2 heterocycles. The van der Waals surface area contributed by atoms with Gasteiger partial charge < -0.3 is 15.0 Å². The zero-order valence-electron chi connectivity index (χ0n) is 15.3. The number of thioether (sulfide) groups is 1. The van der Waals surface area contributed by atoms with Crippen LogP contribution in [0.4, 0.5) is 0 Å². The summed E-state index contributed by atoms with van der Waals surface area (Å²) >= 11 is 2.04. The summed E-state index contributed by atoms with van der Waals surface area (Å²) in [6, 6.07) is 7.74. The van der Waals surface area contributed by atoms with Crippen molar-refractivity contribution in [2.24, 2.45) is 0 Å². The van der Waals surface area contributed by atoms with E-state index < -0.39 is 0 Å². The van der Waals surface area contributed by atoms with Crippen molar-refractivity contribution in [3.63, 3.8) is 0 Å². The third kappa shape index (κ3) is 3.45. The molecule has 4 rings (SSSR count). The Morgan fingerprint density at radius 2 is 2.04 bits per heavy atom. The second-order valence-corrected chi connectivity index (χ2v) is 8.57. The minimum atomic E-state index is -0.0159. The van der Waals surface area contributed by atoms with Crippen molar-refractivity contribution in [1.82, 2.24) is 15.2 Å². The fraction of sp³-hybridized carbons (Fsp3) is 0.550. The summed E-state index contributed by atoms with van der Waals surface area (Å²) in [5, 5.41) is 4.25. The van der Waals surface area contributed by atoms with Crippen LogP contribution in [-0.2, 0) is 0 Å². The lowest BCUT2D eigenvalue weighted by atomic mass is 9.94. The van der Waals surface area contributed by atoms with E-state index in [-0.39, 0.29) is 11.4 Å². The van der Waals surface area contributed by atoms with Crippen molar-refractivity contribution >= 4 is 28.6 Å². The molecule has 26 heavy (non-hydrogen) atoms. The van der Waals surface area contributed by atoms with E-state index in [2.05, 4.69) is 15.2 Å². The van der Waals surface area contributed by atoms with Crippen LogP contribution in [0.3, 0.4) is 0 Å². The lowest BCUT2D eigenvalue weighted by Gasteiger charge is -2.43. The van der Waals surface area contributed by atoms with Crippen molar-refractivity contribution in [2.45, 2.75) is 31.2 Å². The van der Waals surface area contributed by atoms with Crippen LogP contribution in [0.25, 0.3) is 10.9 Å². The smallest absolute Gasteiger partial charge is 0.267 e. The summed E-state index contributed by atoms with van der Waals surface area (Å²) in [6.45, 7) is 3.04. The number of hydrogen-bond donors (Lipinski definition) is 2. The number of aromatic amines is 1. The molecule has 2 fully saturated rings. The molecule has 0 spiro atoms. The van der Waals surface area contributed by atoms with E-state index in [0.29, 0.717) is 5.69 Å². The Morgan fingerprint density at radius 1 is 1.27 bits per heavy atom. The standard InChI is InChI=1S/C20H27N3O2S/c1-25-16-5-4-15-12-18(22-17(15)13-16)19(24)21-14-20(6-2-3-7-20)23-8-10-26-11-9-23/h4-5,12-13,22H,2-3,6-11,14H2,1H3,(H,21,24). The average molecular weight is 374 g/mol. The van der Waals surface area contributed by atoms with Crippen molar-refractivity contribution in [3.05, 3.63) is 30.0 Å². The number of ether oxygens (including phenoxy) is 1. The van der Waals surface area contributed by atoms with Gasteiger partial charge in [-0.05, 0) is 31.0 Å². The number of H-pyrrole nitrogens is 1. The fourth-order valence-corrected chi connectivity index (χ4v) is 5.27. The van der Waals surface area contributed by atoms with Gasteiger partial charge >= 0.3 is 0 Å². The minimum absolute atomic E-state index is 0.0159. The predicted octanol–water partition coefficient (Wildman–Crippen LogP) is 3.27. The first-order valence-corrected chi connectivity index (χ1v) is 10.6. The molecule has 0 radical (unpaired) electrons. The Hall–Kier alpha value is -1.66. The molecular formula is C20H27N3O2S. The van der Waals surface area contributed by atoms with Crippen LogP contribution >= 0.6 is 11.8 Å². The zero-order valence-corrected chi connectivity index (χ0v) is 16.2. The summed E-state index contributed by atoms with van der Waals surface area (Å²) in [7, 11) is 1.65. The van der Waals surface area contributed by atoms with Crippen LogP contribution in [-0.4, -0.2) is 59.6 Å². The minimum Gasteiger partial charge on any atom is -0.497 e. The first-order valence-electron chi connectivity index (χ1n) is 9.48. The van der Waals surface area contributed by atoms with Crippen LogP contribution in [0, 0.1) is 0 Å². The van der Waals surface area contributed by atoms with Gasteiger partial charge in [0, 0.05) is 53.6 Å². The van der Waals surface area contributed by atoms with E-state index in [1.807, 2.05) is 36.0 Å². The van der Waals surface area contributed by atoms with E-state index in [0.717, 1.165) is 36.3 Å². The lowest BCUT2D eigenvalue weighted by Crippen LogP contribution is -2.56. The number of carbonyl (C=O) groups is 1. The second-order valence-electron chi connectivity index (χ2n) is 7.35. The molecule has 1 aromatic carbocycles. The molecule has 1 amide bonds. The zero-order chi connectivity index (χ0) is 18.0. The first kappa shape index (κ1) is 17.7. The van der Waals surface area contributed by atoms with Crippen molar-refractivity contribution in [3.8, 4) is 5.75 Å². The van der Waals surface area contributed by atoms with Crippen LogP contribution in [0.5, 0.6) is 5.75 Å². The number of methoxy groups -OCH3 is 1. The number of rotatable bonds is 5. The Kier molecular flexibility index (Phi) is 5.14. The molecule has 2 N–H and O–H groups in total. The molecule has 0 bridgehead atoms. The molecular weight excluding hydrogens is 346 g/mol. The Balaban J connectivity index is 1.46. The van der Waals surface area contributed by atoms with Gasteiger partial charge in [0.1, 0.15) is 11.4 Å². The molecule has 2 aliphatic rings. The highest BCUT2D eigenvalue weighted by Gasteiger charge is 2.40. The maximum absolute atomic E-state index is 12.8. The molecule has 1 saturated heterocycles. The van der Waals surface area contributed by atoms with Gasteiger partial charge in [0.15, 0.2) is 0 Å². The number of nitrogens with one attached hydrogen (secondary N) is 2. The van der Waals surface area contributed by atoms with Crippen LogP contribution in [0.15, 0.2) is 24.3 Å². The van der Waals surface area contributed by atoms with Crippen LogP contribution in [0.1, 0.15) is 36.2 Å². The highest BCUT2D eigenvalue weighted by molar-refractivity contribution is 7.99.